The molecule has 0 saturated heterocycles. The van der Waals surface area contributed by atoms with Crippen LogP contribution in [-0.4, -0.2) is 30.4 Å². The minimum atomic E-state index is -0.317. The summed E-state index contributed by atoms with van der Waals surface area (Å²) in [4.78, 5) is 13.5. The maximum absolute atomic E-state index is 11.7. The first-order valence-corrected chi connectivity index (χ1v) is 6.25. The Hall–Kier alpha value is -0.830. The van der Waals surface area contributed by atoms with E-state index in [0.29, 0.717) is 0 Å². The van der Waals surface area contributed by atoms with Gasteiger partial charge in [-0.05, 0) is 25.7 Å². The predicted octanol–water partition coefficient (Wildman–Crippen LogP) is 2.32. The van der Waals surface area contributed by atoms with Crippen molar-refractivity contribution in [2.45, 2.75) is 51.5 Å². The number of carbonyl (C=O) groups is 1. The largest absolute Gasteiger partial charge is 0.344 e. The second kappa shape index (κ2) is 9.40. The topological polar surface area (TPSA) is 46.3 Å². The summed E-state index contributed by atoms with van der Waals surface area (Å²) >= 11 is 0. The normalized spacial score (nSPS) is 12.2. The molecule has 0 bridgehead atoms. The van der Waals surface area contributed by atoms with Gasteiger partial charge >= 0.3 is 0 Å². The Morgan fingerprint density at radius 2 is 2.12 bits per heavy atom. The standard InChI is InChI=1S/C13H26N2O/c1-4-6-7-8-9-11-15(3)13(16)12(14)10-5-2/h4,12H,1,5-11,14H2,2-3H3. The van der Waals surface area contributed by atoms with Crippen LogP contribution in [0.2, 0.25) is 0 Å². The van der Waals surface area contributed by atoms with Crippen molar-refractivity contribution in [3.63, 3.8) is 0 Å². The van der Waals surface area contributed by atoms with Crippen molar-refractivity contribution >= 4 is 5.91 Å². The average molecular weight is 226 g/mol. The van der Waals surface area contributed by atoms with Gasteiger partial charge in [-0.25, -0.2) is 0 Å². The highest BCUT2D eigenvalue weighted by molar-refractivity contribution is 5.81. The number of likely N-dealkylation sites (N-methyl/N-ethyl adjacent to an activating group) is 1. The number of rotatable bonds is 9. The number of hydrogen-bond acceptors (Lipinski definition) is 2. The molecule has 1 unspecified atom stereocenters. The molecule has 0 heterocycles. The summed E-state index contributed by atoms with van der Waals surface area (Å²) in [7, 11) is 1.84. The zero-order valence-electron chi connectivity index (χ0n) is 10.7. The van der Waals surface area contributed by atoms with Gasteiger partial charge in [0, 0.05) is 13.6 Å². The third-order valence-electron chi connectivity index (χ3n) is 2.69. The summed E-state index contributed by atoms with van der Waals surface area (Å²) in [5.41, 5.74) is 5.78. The molecule has 0 aliphatic rings. The molecule has 0 fully saturated rings. The van der Waals surface area contributed by atoms with Crippen LogP contribution in [0.3, 0.4) is 0 Å². The molecule has 1 atom stereocenters. The summed E-state index contributed by atoms with van der Waals surface area (Å²) in [6.07, 6.45) is 8.09. The van der Waals surface area contributed by atoms with Gasteiger partial charge in [0.2, 0.25) is 5.91 Å². The van der Waals surface area contributed by atoms with Crippen LogP contribution < -0.4 is 5.73 Å². The Labute approximate surface area is 99.7 Å². The van der Waals surface area contributed by atoms with E-state index >= 15 is 0 Å². The molecule has 1 amide bonds. The van der Waals surface area contributed by atoms with Crippen LogP contribution in [0, 0.1) is 0 Å². The molecule has 94 valence electrons. The Morgan fingerprint density at radius 1 is 1.44 bits per heavy atom. The van der Waals surface area contributed by atoms with Gasteiger partial charge in [0.1, 0.15) is 0 Å². The number of unbranched alkanes of at least 4 members (excludes halogenated alkanes) is 3. The maximum Gasteiger partial charge on any atom is 0.239 e. The summed E-state index contributed by atoms with van der Waals surface area (Å²) < 4.78 is 0. The molecular weight excluding hydrogens is 200 g/mol. The number of nitrogens with two attached hydrogens (primary N) is 1. The lowest BCUT2D eigenvalue weighted by molar-refractivity contribution is -0.131. The van der Waals surface area contributed by atoms with Crippen molar-refractivity contribution in [3.8, 4) is 0 Å². The molecule has 0 radical (unpaired) electrons. The highest BCUT2D eigenvalue weighted by atomic mass is 16.2. The lowest BCUT2D eigenvalue weighted by Crippen LogP contribution is -2.42. The Kier molecular flexibility index (Phi) is 8.91. The molecule has 3 nitrogen and oxygen atoms in total. The third-order valence-corrected chi connectivity index (χ3v) is 2.69. The van der Waals surface area contributed by atoms with Crippen LogP contribution in [0.25, 0.3) is 0 Å². The first kappa shape index (κ1) is 15.2. The number of hydrogen-bond donors (Lipinski definition) is 1. The van der Waals surface area contributed by atoms with Gasteiger partial charge in [-0.2, -0.15) is 0 Å². The van der Waals surface area contributed by atoms with Crippen molar-refractivity contribution in [3.05, 3.63) is 12.7 Å². The summed E-state index contributed by atoms with van der Waals surface area (Å²) in [6, 6.07) is -0.317. The van der Waals surface area contributed by atoms with E-state index in [1.807, 2.05) is 20.0 Å². The van der Waals surface area contributed by atoms with E-state index in [1.165, 1.54) is 0 Å². The number of amides is 1. The second-order valence-corrected chi connectivity index (χ2v) is 4.29. The van der Waals surface area contributed by atoms with Gasteiger partial charge < -0.3 is 10.6 Å². The fraction of sp³-hybridized carbons (Fsp3) is 0.769. The summed E-state index contributed by atoms with van der Waals surface area (Å²) in [5.74, 6) is 0.0746. The third kappa shape index (κ3) is 6.62. The van der Waals surface area contributed by atoms with Gasteiger partial charge in [-0.3, -0.25) is 4.79 Å². The van der Waals surface area contributed by atoms with Crippen molar-refractivity contribution in [1.82, 2.24) is 4.90 Å². The molecule has 0 rings (SSSR count). The van der Waals surface area contributed by atoms with Gasteiger partial charge in [0.05, 0.1) is 6.04 Å². The summed E-state index contributed by atoms with van der Waals surface area (Å²) in [6.45, 7) is 6.54. The fourth-order valence-corrected chi connectivity index (χ4v) is 1.64. The van der Waals surface area contributed by atoms with Crippen LogP contribution in [-0.2, 0) is 4.79 Å². The molecule has 0 aromatic carbocycles. The number of allylic oxidation sites excluding steroid dienone is 1. The average Bonchev–Trinajstić information content (AvgIpc) is 2.27. The van der Waals surface area contributed by atoms with E-state index < -0.39 is 0 Å². The van der Waals surface area contributed by atoms with Crippen LogP contribution in [0.1, 0.15) is 45.4 Å². The van der Waals surface area contributed by atoms with E-state index in [9.17, 15) is 4.79 Å². The molecule has 0 aromatic heterocycles. The predicted molar refractivity (Wildman–Crippen MR) is 69.2 cm³/mol. The van der Waals surface area contributed by atoms with Gasteiger partial charge in [-0.15, -0.1) is 6.58 Å². The van der Waals surface area contributed by atoms with Crippen LogP contribution in [0.5, 0.6) is 0 Å². The molecule has 2 N–H and O–H groups in total. The molecule has 0 aliphatic heterocycles. The van der Waals surface area contributed by atoms with Crippen LogP contribution in [0.15, 0.2) is 12.7 Å². The Morgan fingerprint density at radius 3 is 2.69 bits per heavy atom. The second-order valence-electron chi connectivity index (χ2n) is 4.29. The van der Waals surface area contributed by atoms with Crippen LogP contribution >= 0.6 is 0 Å². The minimum absolute atomic E-state index is 0.0746. The minimum Gasteiger partial charge on any atom is -0.344 e. The molecule has 0 spiro atoms. The summed E-state index contributed by atoms with van der Waals surface area (Å²) in [5, 5.41) is 0. The highest BCUT2D eigenvalue weighted by Gasteiger charge is 2.16. The molecular formula is C13H26N2O. The highest BCUT2D eigenvalue weighted by Crippen LogP contribution is 2.03. The fourth-order valence-electron chi connectivity index (χ4n) is 1.64. The maximum atomic E-state index is 11.7. The number of nitrogens with zero attached hydrogens (tertiary/aromatic N) is 1. The van der Waals surface area contributed by atoms with Gasteiger partial charge in [0.15, 0.2) is 0 Å². The van der Waals surface area contributed by atoms with Crippen molar-refractivity contribution in [2.24, 2.45) is 5.73 Å². The van der Waals surface area contributed by atoms with Crippen molar-refractivity contribution in [1.29, 1.82) is 0 Å². The zero-order chi connectivity index (χ0) is 12.4. The van der Waals surface area contributed by atoms with Crippen molar-refractivity contribution in [2.75, 3.05) is 13.6 Å². The quantitative estimate of drug-likeness (QED) is 0.484. The Balaban J connectivity index is 3.66. The smallest absolute Gasteiger partial charge is 0.239 e. The first-order chi connectivity index (χ1) is 7.63. The molecule has 0 saturated carbocycles. The van der Waals surface area contributed by atoms with Gasteiger partial charge in [-0.1, -0.05) is 25.8 Å². The monoisotopic (exact) mass is 226 g/mol. The van der Waals surface area contributed by atoms with E-state index in [2.05, 4.69) is 6.58 Å². The molecule has 3 heteroatoms. The van der Waals surface area contributed by atoms with Crippen LogP contribution in [0.4, 0.5) is 0 Å². The SMILES string of the molecule is C=CCCCCCN(C)C(=O)C(N)CCC. The molecule has 0 aliphatic carbocycles. The number of carbonyl (C=O) groups excluding carboxylic acids is 1. The first-order valence-electron chi connectivity index (χ1n) is 6.25. The Bertz CT molecular complexity index is 204. The molecule has 0 aromatic rings. The van der Waals surface area contributed by atoms with E-state index in [1.54, 1.807) is 4.90 Å². The van der Waals surface area contributed by atoms with E-state index in [-0.39, 0.29) is 11.9 Å². The van der Waals surface area contributed by atoms with Crippen molar-refractivity contribution < 1.29 is 4.79 Å². The van der Waals surface area contributed by atoms with Gasteiger partial charge in [0.25, 0.3) is 0 Å². The lowest BCUT2D eigenvalue weighted by atomic mass is 10.1. The zero-order valence-corrected chi connectivity index (χ0v) is 10.7. The van der Waals surface area contributed by atoms with E-state index in [4.69, 9.17) is 5.73 Å². The van der Waals surface area contributed by atoms with E-state index in [0.717, 1.165) is 45.1 Å². The lowest BCUT2D eigenvalue weighted by Gasteiger charge is -2.20. The molecule has 16 heavy (non-hydrogen) atoms.